The van der Waals surface area contributed by atoms with Crippen LogP contribution in [0.4, 0.5) is 8.78 Å². The highest BCUT2D eigenvalue weighted by Crippen LogP contribution is 2.26. The van der Waals surface area contributed by atoms with Crippen LogP contribution in [0.2, 0.25) is 0 Å². The Morgan fingerprint density at radius 1 is 1.30 bits per heavy atom. The average molecular weight is 341 g/mol. The van der Waals surface area contributed by atoms with Crippen molar-refractivity contribution in [3.8, 4) is 0 Å². The lowest BCUT2D eigenvalue weighted by Crippen LogP contribution is -2.18. The number of aryl methyl sites for hydroxylation is 2. The third kappa shape index (κ3) is 3.04. The Labute approximate surface area is 125 Å². The topological polar surface area (TPSA) is 38.9 Å². The van der Waals surface area contributed by atoms with Gasteiger partial charge in [0.25, 0.3) is 0 Å². The molecule has 1 atom stereocenters. The van der Waals surface area contributed by atoms with E-state index in [2.05, 4.69) is 20.9 Å². The number of nitrogens with zero attached hydrogens (tertiary/aromatic N) is 1. The first-order valence-electron chi connectivity index (χ1n) is 6.21. The van der Waals surface area contributed by atoms with Crippen LogP contribution in [0, 0.1) is 25.5 Å². The van der Waals surface area contributed by atoms with Crippen LogP contribution in [0.25, 0.3) is 0 Å². The summed E-state index contributed by atoms with van der Waals surface area (Å²) in [6, 6.07) is 3.98. The van der Waals surface area contributed by atoms with Gasteiger partial charge in [0.05, 0.1) is 16.2 Å². The first-order chi connectivity index (χ1) is 9.40. The molecule has 2 aromatic rings. The van der Waals surface area contributed by atoms with Crippen LogP contribution in [0.15, 0.2) is 28.9 Å². The predicted octanol–water partition coefficient (Wildman–Crippen LogP) is 3.98. The first kappa shape index (κ1) is 15.1. The molecule has 2 N–H and O–H groups in total. The Kier molecular flexibility index (Phi) is 4.50. The molecule has 0 spiro atoms. The van der Waals surface area contributed by atoms with Crippen molar-refractivity contribution in [1.82, 2.24) is 4.98 Å². The van der Waals surface area contributed by atoms with Gasteiger partial charge in [-0.05, 0) is 59.5 Å². The first-order valence-corrected chi connectivity index (χ1v) is 7.00. The van der Waals surface area contributed by atoms with E-state index in [0.29, 0.717) is 5.69 Å². The van der Waals surface area contributed by atoms with Crippen LogP contribution in [0.1, 0.15) is 28.4 Å². The SMILES string of the molecule is Cc1cnc(C(N)Cc2c(F)ccc(Br)c2F)c(C)c1. The van der Waals surface area contributed by atoms with Gasteiger partial charge in [0.2, 0.25) is 0 Å². The fourth-order valence-corrected chi connectivity index (χ4v) is 2.56. The van der Waals surface area contributed by atoms with Crippen LogP contribution >= 0.6 is 15.9 Å². The predicted molar refractivity (Wildman–Crippen MR) is 78.4 cm³/mol. The number of hydrogen-bond donors (Lipinski definition) is 1. The molecule has 2 rings (SSSR count). The molecule has 0 aliphatic rings. The summed E-state index contributed by atoms with van der Waals surface area (Å²) < 4.78 is 27.9. The van der Waals surface area contributed by atoms with Gasteiger partial charge >= 0.3 is 0 Å². The molecular weight excluding hydrogens is 326 g/mol. The second kappa shape index (κ2) is 5.97. The smallest absolute Gasteiger partial charge is 0.143 e. The lowest BCUT2D eigenvalue weighted by molar-refractivity contribution is 0.533. The largest absolute Gasteiger partial charge is 0.322 e. The summed E-state index contributed by atoms with van der Waals surface area (Å²) in [4.78, 5) is 4.27. The van der Waals surface area contributed by atoms with E-state index < -0.39 is 17.7 Å². The third-order valence-electron chi connectivity index (χ3n) is 3.17. The maximum absolute atomic E-state index is 13.9. The van der Waals surface area contributed by atoms with E-state index in [9.17, 15) is 8.78 Å². The van der Waals surface area contributed by atoms with Gasteiger partial charge < -0.3 is 5.73 Å². The average Bonchev–Trinajstić information content (AvgIpc) is 2.39. The molecule has 1 heterocycles. The molecule has 0 bridgehead atoms. The second-order valence-corrected chi connectivity index (χ2v) is 5.70. The highest BCUT2D eigenvalue weighted by Gasteiger charge is 2.18. The van der Waals surface area contributed by atoms with Crippen molar-refractivity contribution in [2.24, 2.45) is 5.73 Å². The Balaban J connectivity index is 2.32. The molecule has 5 heteroatoms. The fourth-order valence-electron chi connectivity index (χ4n) is 2.19. The molecule has 1 aromatic carbocycles. The highest BCUT2D eigenvalue weighted by atomic mass is 79.9. The van der Waals surface area contributed by atoms with Crippen molar-refractivity contribution >= 4 is 15.9 Å². The minimum atomic E-state index is -0.606. The lowest BCUT2D eigenvalue weighted by atomic mass is 9.99. The third-order valence-corrected chi connectivity index (χ3v) is 3.78. The van der Waals surface area contributed by atoms with E-state index in [1.807, 2.05) is 19.9 Å². The van der Waals surface area contributed by atoms with Crippen molar-refractivity contribution < 1.29 is 8.78 Å². The Hall–Kier alpha value is -1.33. The molecule has 0 fully saturated rings. The molecule has 1 unspecified atom stereocenters. The summed E-state index contributed by atoms with van der Waals surface area (Å²) in [7, 11) is 0. The van der Waals surface area contributed by atoms with Gasteiger partial charge in [-0.1, -0.05) is 6.07 Å². The highest BCUT2D eigenvalue weighted by molar-refractivity contribution is 9.10. The monoisotopic (exact) mass is 340 g/mol. The van der Waals surface area contributed by atoms with Gasteiger partial charge in [0, 0.05) is 11.8 Å². The minimum Gasteiger partial charge on any atom is -0.322 e. The molecule has 20 heavy (non-hydrogen) atoms. The molecule has 0 aliphatic carbocycles. The summed E-state index contributed by atoms with van der Waals surface area (Å²) in [5, 5.41) is 0. The Morgan fingerprint density at radius 2 is 2.00 bits per heavy atom. The molecular formula is C15H15BrF2N2. The van der Waals surface area contributed by atoms with Crippen LogP contribution in [-0.2, 0) is 6.42 Å². The summed E-state index contributed by atoms with van der Waals surface area (Å²) in [6.07, 6.45) is 1.77. The standard InChI is InChI=1S/C15H15BrF2N2/c1-8-5-9(2)15(20-7-8)13(19)6-10-12(17)4-3-11(16)14(10)18/h3-5,7,13H,6,19H2,1-2H3. The quantitative estimate of drug-likeness (QED) is 0.858. The van der Waals surface area contributed by atoms with Crippen molar-refractivity contribution in [3.05, 3.63) is 62.9 Å². The van der Waals surface area contributed by atoms with E-state index in [0.717, 1.165) is 11.1 Å². The Morgan fingerprint density at radius 3 is 2.65 bits per heavy atom. The number of aromatic nitrogens is 1. The van der Waals surface area contributed by atoms with E-state index in [1.165, 1.54) is 12.1 Å². The van der Waals surface area contributed by atoms with Crippen LogP contribution in [0.3, 0.4) is 0 Å². The van der Waals surface area contributed by atoms with Gasteiger partial charge in [-0.15, -0.1) is 0 Å². The number of benzene rings is 1. The fraction of sp³-hybridized carbons (Fsp3) is 0.267. The van der Waals surface area contributed by atoms with Gasteiger partial charge in [-0.2, -0.15) is 0 Å². The zero-order valence-electron chi connectivity index (χ0n) is 11.3. The van der Waals surface area contributed by atoms with E-state index in [1.54, 1.807) is 6.20 Å². The normalized spacial score (nSPS) is 12.5. The van der Waals surface area contributed by atoms with Gasteiger partial charge in [0.1, 0.15) is 11.6 Å². The molecule has 0 amide bonds. The summed E-state index contributed by atoms with van der Waals surface area (Å²) >= 11 is 3.05. The number of rotatable bonds is 3. The zero-order valence-corrected chi connectivity index (χ0v) is 12.8. The molecule has 2 nitrogen and oxygen atoms in total. The summed E-state index contributed by atoms with van der Waals surface area (Å²) in [6.45, 7) is 3.83. The molecule has 1 aromatic heterocycles. The van der Waals surface area contributed by atoms with Crippen LogP contribution in [0.5, 0.6) is 0 Å². The molecule has 0 saturated carbocycles. The number of pyridine rings is 1. The number of nitrogens with two attached hydrogens (primary N) is 1. The van der Waals surface area contributed by atoms with Crippen LogP contribution < -0.4 is 5.73 Å². The summed E-state index contributed by atoms with van der Waals surface area (Å²) in [5.74, 6) is -1.20. The second-order valence-electron chi connectivity index (χ2n) is 4.85. The number of hydrogen-bond acceptors (Lipinski definition) is 2. The van der Waals surface area contributed by atoms with Gasteiger partial charge in [0.15, 0.2) is 0 Å². The molecule has 0 saturated heterocycles. The Bertz CT molecular complexity index is 644. The van der Waals surface area contributed by atoms with E-state index >= 15 is 0 Å². The van der Waals surface area contributed by atoms with E-state index in [4.69, 9.17) is 5.73 Å². The van der Waals surface area contributed by atoms with E-state index in [-0.39, 0.29) is 16.5 Å². The zero-order chi connectivity index (χ0) is 14.9. The molecule has 0 radical (unpaired) electrons. The minimum absolute atomic E-state index is 0.0198. The van der Waals surface area contributed by atoms with Crippen LogP contribution in [-0.4, -0.2) is 4.98 Å². The van der Waals surface area contributed by atoms with Gasteiger partial charge in [-0.25, -0.2) is 8.78 Å². The van der Waals surface area contributed by atoms with Crippen molar-refractivity contribution in [1.29, 1.82) is 0 Å². The van der Waals surface area contributed by atoms with Crippen molar-refractivity contribution in [2.45, 2.75) is 26.3 Å². The lowest BCUT2D eigenvalue weighted by Gasteiger charge is -2.15. The number of halogens is 3. The maximum atomic E-state index is 13.9. The van der Waals surface area contributed by atoms with Crippen molar-refractivity contribution in [3.63, 3.8) is 0 Å². The molecule has 0 aliphatic heterocycles. The maximum Gasteiger partial charge on any atom is 0.143 e. The molecule has 106 valence electrons. The van der Waals surface area contributed by atoms with Gasteiger partial charge in [-0.3, -0.25) is 4.98 Å². The van der Waals surface area contributed by atoms with Crippen molar-refractivity contribution in [2.75, 3.05) is 0 Å². The summed E-state index contributed by atoms with van der Waals surface area (Å²) in [5.41, 5.74) is 8.65.